The highest BCUT2D eigenvalue weighted by Gasteiger charge is 2.17. The molecule has 4 rings (SSSR count). The molecule has 27 heavy (non-hydrogen) atoms. The molecule has 0 fully saturated rings. The van der Waals surface area contributed by atoms with Gasteiger partial charge in [0.2, 0.25) is 0 Å². The average Bonchev–Trinajstić information content (AvgIpc) is 3.24. The number of benzene rings is 1. The number of amides is 1. The summed E-state index contributed by atoms with van der Waals surface area (Å²) in [4.78, 5) is 22.4. The molecule has 1 amide bonds. The lowest BCUT2D eigenvalue weighted by molar-refractivity contribution is 0.102. The van der Waals surface area contributed by atoms with Crippen LogP contribution in [0.3, 0.4) is 0 Å². The van der Waals surface area contributed by atoms with E-state index in [9.17, 15) is 4.79 Å². The van der Waals surface area contributed by atoms with Crippen molar-refractivity contribution >= 4 is 39.6 Å². The smallest absolute Gasteiger partial charge is 0.262 e. The second kappa shape index (κ2) is 7.09. The molecule has 0 bridgehead atoms. The van der Waals surface area contributed by atoms with E-state index in [-0.39, 0.29) is 5.91 Å². The zero-order chi connectivity index (χ0) is 19.0. The summed E-state index contributed by atoms with van der Waals surface area (Å²) >= 11 is 7.64. The zero-order valence-electron chi connectivity index (χ0n) is 14.7. The largest absolute Gasteiger partial charge is 0.298 e. The van der Waals surface area contributed by atoms with Crippen molar-refractivity contribution in [2.45, 2.75) is 20.3 Å². The lowest BCUT2D eigenvalue weighted by Gasteiger charge is -2.03. The summed E-state index contributed by atoms with van der Waals surface area (Å²) in [6.07, 6.45) is 3.96. The molecule has 0 saturated carbocycles. The maximum absolute atomic E-state index is 12.7. The van der Waals surface area contributed by atoms with E-state index < -0.39 is 0 Å². The van der Waals surface area contributed by atoms with Crippen LogP contribution in [0.25, 0.3) is 5.65 Å². The normalized spacial score (nSPS) is 11.1. The van der Waals surface area contributed by atoms with Crippen molar-refractivity contribution in [1.82, 2.24) is 19.6 Å². The Bertz CT molecular complexity index is 1150. The number of rotatable bonds is 4. The van der Waals surface area contributed by atoms with Crippen molar-refractivity contribution in [3.05, 3.63) is 75.1 Å². The Hall–Kier alpha value is -2.77. The lowest BCUT2D eigenvalue weighted by Crippen LogP contribution is -2.12. The molecule has 0 aliphatic heterocycles. The average molecular weight is 398 g/mol. The summed E-state index contributed by atoms with van der Waals surface area (Å²) < 4.78 is 1.66. The summed E-state index contributed by atoms with van der Waals surface area (Å²) in [5.74, 6) is -0.277. The number of carbonyl (C=O) groups excluding carboxylic acids is 1. The number of aryl methyl sites for hydroxylation is 2. The number of hydrogen-bond donors (Lipinski definition) is 1. The highest BCUT2D eigenvalue weighted by Crippen LogP contribution is 2.25. The Morgan fingerprint density at radius 1 is 1.26 bits per heavy atom. The van der Waals surface area contributed by atoms with Crippen LogP contribution in [-0.2, 0) is 6.42 Å². The molecule has 136 valence electrons. The van der Waals surface area contributed by atoms with Gasteiger partial charge in [-0.15, -0.1) is 11.3 Å². The fraction of sp³-hybridized carbons (Fsp3) is 0.158. The second-order valence-corrected chi connectivity index (χ2v) is 7.71. The standard InChI is InChI=1S/C19H16ClN5OS/c1-11-7-12(2)25-17(23-11)15(10-22-25)18(26)24-19-21-9-14(27-19)8-13-5-3-4-6-16(13)20/h3-7,9-10H,8H2,1-2H3,(H,21,24,26). The summed E-state index contributed by atoms with van der Waals surface area (Å²) in [6.45, 7) is 3.82. The van der Waals surface area contributed by atoms with Gasteiger partial charge in [0.05, 0.1) is 6.20 Å². The number of halogens is 1. The lowest BCUT2D eigenvalue weighted by atomic mass is 10.1. The first kappa shape index (κ1) is 17.6. The van der Waals surface area contributed by atoms with Gasteiger partial charge in [-0.05, 0) is 31.5 Å². The summed E-state index contributed by atoms with van der Waals surface area (Å²) in [7, 11) is 0. The van der Waals surface area contributed by atoms with Crippen LogP contribution >= 0.6 is 22.9 Å². The molecule has 0 aliphatic carbocycles. The van der Waals surface area contributed by atoms with Crippen LogP contribution in [0.1, 0.15) is 32.2 Å². The molecule has 0 aliphatic rings. The topological polar surface area (TPSA) is 72.2 Å². The van der Waals surface area contributed by atoms with E-state index >= 15 is 0 Å². The van der Waals surface area contributed by atoms with Crippen molar-refractivity contribution in [3.8, 4) is 0 Å². The Morgan fingerprint density at radius 2 is 2.07 bits per heavy atom. The Kier molecular flexibility index (Phi) is 4.63. The molecule has 1 aromatic carbocycles. The number of nitrogens with zero attached hydrogens (tertiary/aromatic N) is 4. The summed E-state index contributed by atoms with van der Waals surface area (Å²) in [5.41, 5.74) is 3.75. The third kappa shape index (κ3) is 3.56. The molecule has 4 aromatic rings. The first-order valence-electron chi connectivity index (χ1n) is 8.32. The van der Waals surface area contributed by atoms with Gasteiger partial charge in [0.15, 0.2) is 10.8 Å². The maximum atomic E-state index is 12.7. The molecule has 0 unspecified atom stereocenters. The van der Waals surface area contributed by atoms with Gasteiger partial charge in [-0.1, -0.05) is 29.8 Å². The minimum Gasteiger partial charge on any atom is -0.298 e. The maximum Gasteiger partial charge on any atom is 0.262 e. The van der Waals surface area contributed by atoms with E-state index in [2.05, 4.69) is 20.4 Å². The molecule has 1 N–H and O–H groups in total. The quantitative estimate of drug-likeness (QED) is 0.557. The van der Waals surface area contributed by atoms with E-state index in [1.54, 1.807) is 10.7 Å². The fourth-order valence-electron chi connectivity index (χ4n) is 2.87. The second-order valence-electron chi connectivity index (χ2n) is 6.19. The molecule has 3 aromatic heterocycles. The van der Waals surface area contributed by atoms with E-state index in [1.807, 2.05) is 44.2 Å². The Morgan fingerprint density at radius 3 is 2.89 bits per heavy atom. The highest BCUT2D eigenvalue weighted by molar-refractivity contribution is 7.15. The zero-order valence-corrected chi connectivity index (χ0v) is 16.3. The molecule has 0 spiro atoms. The third-order valence-corrected chi connectivity index (χ3v) is 5.40. The molecule has 0 atom stereocenters. The van der Waals surface area contributed by atoms with Crippen LogP contribution in [0.15, 0.2) is 42.7 Å². The molecular formula is C19H16ClN5OS. The van der Waals surface area contributed by atoms with Crippen LogP contribution in [0, 0.1) is 13.8 Å². The summed E-state index contributed by atoms with van der Waals surface area (Å²) in [6, 6.07) is 9.62. The number of fused-ring (bicyclic) bond motifs is 1. The van der Waals surface area contributed by atoms with Gasteiger partial charge in [0.25, 0.3) is 5.91 Å². The molecule has 8 heteroatoms. The van der Waals surface area contributed by atoms with Crippen LogP contribution in [-0.4, -0.2) is 25.5 Å². The van der Waals surface area contributed by atoms with Gasteiger partial charge in [-0.3, -0.25) is 10.1 Å². The van der Waals surface area contributed by atoms with Crippen LogP contribution in [0.5, 0.6) is 0 Å². The number of anilines is 1. The molecule has 6 nitrogen and oxygen atoms in total. The van der Waals surface area contributed by atoms with E-state index in [0.29, 0.717) is 22.8 Å². The predicted molar refractivity (Wildman–Crippen MR) is 107 cm³/mol. The number of carbonyl (C=O) groups is 1. The number of hydrogen-bond acceptors (Lipinski definition) is 5. The predicted octanol–water partition coefficient (Wildman–Crippen LogP) is 4.30. The van der Waals surface area contributed by atoms with Crippen molar-refractivity contribution in [2.75, 3.05) is 5.32 Å². The van der Waals surface area contributed by atoms with Crippen molar-refractivity contribution in [2.24, 2.45) is 0 Å². The molecule has 0 saturated heterocycles. The van der Waals surface area contributed by atoms with E-state index in [1.165, 1.54) is 17.5 Å². The first-order valence-corrected chi connectivity index (χ1v) is 9.52. The third-order valence-electron chi connectivity index (χ3n) is 4.12. The first-order chi connectivity index (χ1) is 13.0. The van der Waals surface area contributed by atoms with E-state index in [4.69, 9.17) is 11.6 Å². The Balaban J connectivity index is 1.54. The minimum absolute atomic E-state index is 0.277. The number of thiazole rings is 1. The molecular weight excluding hydrogens is 382 g/mol. The fourth-order valence-corrected chi connectivity index (χ4v) is 3.90. The van der Waals surface area contributed by atoms with Gasteiger partial charge in [-0.25, -0.2) is 14.5 Å². The van der Waals surface area contributed by atoms with Gasteiger partial charge >= 0.3 is 0 Å². The van der Waals surface area contributed by atoms with Crippen molar-refractivity contribution in [1.29, 1.82) is 0 Å². The highest BCUT2D eigenvalue weighted by atomic mass is 35.5. The van der Waals surface area contributed by atoms with Crippen molar-refractivity contribution in [3.63, 3.8) is 0 Å². The van der Waals surface area contributed by atoms with Crippen LogP contribution < -0.4 is 5.32 Å². The van der Waals surface area contributed by atoms with Gasteiger partial charge in [-0.2, -0.15) is 5.10 Å². The Labute approximate surface area is 164 Å². The molecule has 0 radical (unpaired) electrons. The SMILES string of the molecule is Cc1cc(C)n2ncc(C(=O)Nc3ncc(Cc4ccccc4Cl)s3)c2n1. The van der Waals surface area contributed by atoms with Gasteiger partial charge < -0.3 is 0 Å². The van der Waals surface area contributed by atoms with Crippen molar-refractivity contribution < 1.29 is 4.79 Å². The van der Waals surface area contributed by atoms with Gasteiger partial charge in [0, 0.05) is 33.9 Å². The van der Waals surface area contributed by atoms with Crippen LogP contribution in [0.4, 0.5) is 5.13 Å². The van der Waals surface area contributed by atoms with E-state index in [0.717, 1.165) is 26.9 Å². The number of nitrogens with one attached hydrogen (secondary N) is 1. The minimum atomic E-state index is -0.277. The molecule has 3 heterocycles. The monoisotopic (exact) mass is 397 g/mol. The van der Waals surface area contributed by atoms with Gasteiger partial charge in [0.1, 0.15) is 5.56 Å². The number of aromatic nitrogens is 4. The van der Waals surface area contributed by atoms with Crippen LogP contribution in [0.2, 0.25) is 5.02 Å². The summed E-state index contributed by atoms with van der Waals surface area (Å²) in [5, 5.41) is 8.35.